The predicted molar refractivity (Wildman–Crippen MR) is 148 cm³/mol. The van der Waals surface area contributed by atoms with Crippen molar-refractivity contribution < 1.29 is 0 Å². The SMILES string of the molecule is CN.Cc1ccc(N)cc1.Cc1cccc(C)c1.Cc1ccccc1.Cc1ccccc1N. The molecule has 0 aromatic heterocycles. The fourth-order valence-corrected chi connectivity index (χ4v) is 2.49. The maximum Gasteiger partial charge on any atom is 0.0343 e. The van der Waals surface area contributed by atoms with Crippen LogP contribution in [0.4, 0.5) is 11.4 Å². The molecule has 0 aliphatic carbocycles. The molecular weight excluding hydrogens is 402 g/mol. The monoisotopic (exact) mass is 443 g/mol. The standard InChI is InChI=1S/C8H10.2C7H9N.C7H8.CH5N/c1-7-4-3-5-8(2)6-7;1-6-2-4-7(8)5-3-6;1-6-4-2-3-5-7(6)8;1-7-5-3-2-4-6-7;1-2/h3-6H,1-2H3;2*2-5H,8H2,1H3;2-6H,1H3;2H2,1H3. The van der Waals surface area contributed by atoms with Gasteiger partial charge < -0.3 is 17.2 Å². The van der Waals surface area contributed by atoms with Gasteiger partial charge in [-0.25, -0.2) is 0 Å². The van der Waals surface area contributed by atoms with Crippen molar-refractivity contribution in [3.8, 4) is 0 Å². The highest BCUT2D eigenvalue weighted by atomic mass is 14.5. The first-order chi connectivity index (χ1) is 15.8. The van der Waals surface area contributed by atoms with Crippen molar-refractivity contribution in [3.05, 3.63) is 131 Å². The Labute approximate surface area is 201 Å². The second kappa shape index (κ2) is 18.1. The predicted octanol–water partition coefficient (Wildman–Crippen LogP) is 7.03. The zero-order valence-corrected chi connectivity index (χ0v) is 21.0. The fourth-order valence-electron chi connectivity index (χ4n) is 2.49. The molecule has 6 N–H and O–H groups in total. The zero-order chi connectivity index (χ0) is 25.1. The summed E-state index contributed by atoms with van der Waals surface area (Å²) >= 11 is 0. The molecular formula is C30H41N3. The van der Waals surface area contributed by atoms with Gasteiger partial charge in [0.25, 0.3) is 0 Å². The molecule has 4 aromatic rings. The van der Waals surface area contributed by atoms with Crippen LogP contribution in [0.15, 0.2) is 103 Å². The van der Waals surface area contributed by atoms with Gasteiger partial charge in [0.15, 0.2) is 0 Å². The van der Waals surface area contributed by atoms with Crippen LogP contribution in [0.2, 0.25) is 0 Å². The number of nitrogens with two attached hydrogens (primary N) is 3. The Bertz CT molecular complexity index is 935. The van der Waals surface area contributed by atoms with E-state index in [0.29, 0.717) is 0 Å². The number of rotatable bonds is 0. The minimum Gasteiger partial charge on any atom is -0.399 e. The third-order valence-electron chi connectivity index (χ3n) is 4.38. The minimum atomic E-state index is 0.829. The summed E-state index contributed by atoms with van der Waals surface area (Å²) in [5, 5.41) is 0. The topological polar surface area (TPSA) is 78.1 Å². The molecule has 0 radical (unpaired) electrons. The quantitative estimate of drug-likeness (QED) is 0.255. The fraction of sp³-hybridized carbons (Fsp3) is 0.200. The molecule has 0 bridgehead atoms. The molecule has 33 heavy (non-hydrogen) atoms. The highest BCUT2D eigenvalue weighted by Gasteiger charge is 1.84. The van der Waals surface area contributed by atoms with Gasteiger partial charge in [0.1, 0.15) is 0 Å². The number of hydrogen-bond donors (Lipinski definition) is 3. The summed E-state index contributed by atoms with van der Waals surface area (Å²) in [4.78, 5) is 0. The smallest absolute Gasteiger partial charge is 0.0343 e. The van der Waals surface area contributed by atoms with Crippen molar-refractivity contribution in [1.29, 1.82) is 0 Å². The van der Waals surface area contributed by atoms with Gasteiger partial charge in [-0.3, -0.25) is 0 Å². The summed E-state index contributed by atoms with van der Waals surface area (Å²) < 4.78 is 0. The van der Waals surface area contributed by atoms with Gasteiger partial charge in [-0.1, -0.05) is 107 Å². The average Bonchev–Trinajstić information content (AvgIpc) is 2.81. The average molecular weight is 444 g/mol. The van der Waals surface area contributed by atoms with Crippen molar-refractivity contribution in [1.82, 2.24) is 0 Å². The Morgan fingerprint density at radius 2 is 0.848 bits per heavy atom. The lowest BCUT2D eigenvalue weighted by molar-refractivity contribution is 1.39. The molecule has 0 atom stereocenters. The lowest BCUT2D eigenvalue weighted by Crippen LogP contribution is -1.85. The van der Waals surface area contributed by atoms with Gasteiger partial charge in [0.05, 0.1) is 0 Å². The van der Waals surface area contributed by atoms with Crippen molar-refractivity contribution in [2.24, 2.45) is 5.73 Å². The van der Waals surface area contributed by atoms with E-state index in [0.717, 1.165) is 16.9 Å². The number of nitrogen functional groups attached to an aromatic ring is 2. The maximum atomic E-state index is 5.52. The van der Waals surface area contributed by atoms with Crippen LogP contribution in [0, 0.1) is 34.6 Å². The molecule has 4 rings (SSSR count). The van der Waals surface area contributed by atoms with Gasteiger partial charge in [0, 0.05) is 11.4 Å². The van der Waals surface area contributed by atoms with E-state index in [1.54, 1.807) is 0 Å². The number of benzene rings is 4. The van der Waals surface area contributed by atoms with Crippen LogP contribution < -0.4 is 17.2 Å². The molecule has 3 heteroatoms. The van der Waals surface area contributed by atoms with E-state index >= 15 is 0 Å². The summed E-state index contributed by atoms with van der Waals surface area (Å²) in [6, 6.07) is 34.3. The van der Waals surface area contributed by atoms with E-state index in [1.807, 2.05) is 80.6 Å². The van der Waals surface area contributed by atoms with Crippen molar-refractivity contribution in [2.75, 3.05) is 18.5 Å². The molecule has 0 amide bonds. The van der Waals surface area contributed by atoms with Crippen LogP contribution in [-0.4, -0.2) is 7.05 Å². The van der Waals surface area contributed by atoms with Crippen LogP contribution in [0.1, 0.15) is 27.8 Å². The first-order valence-corrected chi connectivity index (χ1v) is 11.0. The van der Waals surface area contributed by atoms with Crippen molar-refractivity contribution in [2.45, 2.75) is 34.6 Å². The first-order valence-electron chi connectivity index (χ1n) is 11.0. The van der Waals surface area contributed by atoms with E-state index in [4.69, 9.17) is 11.5 Å². The van der Waals surface area contributed by atoms with Gasteiger partial charge in [-0.15, -0.1) is 0 Å². The van der Waals surface area contributed by atoms with E-state index in [1.165, 1.54) is 29.3 Å². The first kappa shape index (κ1) is 29.4. The molecule has 0 saturated heterocycles. The summed E-state index contributed by atoms with van der Waals surface area (Å²) in [5.74, 6) is 0. The van der Waals surface area contributed by atoms with Gasteiger partial charge in [-0.05, 0) is 65.4 Å². The normalized spacial score (nSPS) is 8.70. The largest absolute Gasteiger partial charge is 0.399 e. The van der Waals surface area contributed by atoms with Gasteiger partial charge in [-0.2, -0.15) is 0 Å². The molecule has 4 aromatic carbocycles. The van der Waals surface area contributed by atoms with Crippen LogP contribution >= 0.6 is 0 Å². The summed E-state index contributed by atoms with van der Waals surface area (Å²) in [7, 11) is 1.50. The zero-order valence-electron chi connectivity index (χ0n) is 21.0. The van der Waals surface area contributed by atoms with Crippen molar-refractivity contribution in [3.63, 3.8) is 0 Å². The third-order valence-corrected chi connectivity index (χ3v) is 4.38. The van der Waals surface area contributed by atoms with E-state index in [9.17, 15) is 0 Å². The molecule has 176 valence electrons. The molecule has 0 fully saturated rings. The Morgan fingerprint density at radius 1 is 0.424 bits per heavy atom. The van der Waals surface area contributed by atoms with E-state index < -0.39 is 0 Å². The second-order valence-corrected chi connectivity index (χ2v) is 7.58. The third kappa shape index (κ3) is 15.8. The second-order valence-electron chi connectivity index (χ2n) is 7.58. The Hall–Kier alpha value is -3.56. The molecule has 0 aliphatic rings. The van der Waals surface area contributed by atoms with E-state index in [2.05, 4.69) is 62.9 Å². The summed E-state index contributed by atoms with van der Waals surface area (Å²) in [6.45, 7) is 10.3. The molecule has 0 unspecified atom stereocenters. The Kier molecular flexibility index (Phi) is 16.1. The number of hydrogen-bond acceptors (Lipinski definition) is 3. The van der Waals surface area contributed by atoms with Crippen LogP contribution in [0.3, 0.4) is 0 Å². The summed E-state index contributed by atoms with van der Waals surface area (Å²) in [5.41, 5.74) is 23.5. The van der Waals surface area contributed by atoms with Crippen LogP contribution in [0.5, 0.6) is 0 Å². The van der Waals surface area contributed by atoms with Gasteiger partial charge >= 0.3 is 0 Å². The lowest BCUT2D eigenvalue weighted by atomic mass is 10.2. The Morgan fingerprint density at radius 3 is 1.15 bits per heavy atom. The number of para-hydroxylation sites is 1. The molecule has 0 saturated carbocycles. The van der Waals surface area contributed by atoms with E-state index in [-0.39, 0.29) is 0 Å². The number of anilines is 2. The molecule has 3 nitrogen and oxygen atoms in total. The van der Waals surface area contributed by atoms with Crippen molar-refractivity contribution >= 4 is 11.4 Å². The highest BCUT2D eigenvalue weighted by molar-refractivity contribution is 5.45. The van der Waals surface area contributed by atoms with Crippen LogP contribution in [-0.2, 0) is 0 Å². The number of aryl methyl sites for hydroxylation is 5. The molecule has 0 aliphatic heterocycles. The van der Waals surface area contributed by atoms with Crippen LogP contribution in [0.25, 0.3) is 0 Å². The Balaban J connectivity index is 0.000000404. The summed E-state index contributed by atoms with van der Waals surface area (Å²) in [6.07, 6.45) is 0. The minimum absolute atomic E-state index is 0.829. The van der Waals surface area contributed by atoms with Gasteiger partial charge in [0.2, 0.25) is 0 Å². The maximum absolute atomic E-state index is 5.52. The molecule has 0 heterocycles. The highest BCUT2D eigenvalue weighted by Crippen LogP contribution is 2.06. The lowest BCUT2D eigenvalue weighted by Gasteiger charge is -1.93. The molecule has 0 spiro atoms.